The number of ether oxygens (including phenoxy) is 6. The van der Waals surface area contributed by atoms with Gasteiger partial charge in [0, 0.05) is 73.5 Å². The predicted molar refractivity (Wildman–Crippen MR) is 209 cm³/mol. The third-order valence-corrected chi connectivity index (χ3v) is 12.4. The first-order valence-corrected chi connectivity index (χ1v) is 20.4. The van der Waals surface area contributed by atoms with Crippen LogP contribution >= 0.6 is 0 Å². The van der Waals surface area contributed by atoms with Gasteiger partial charge in [0.15, 0.2) is 24.1 Å². The second kappa shape index (κ2) is 17.7. The zero-order valence-electron chi connectivity index (χ0n) is 34.1. The van der Waals surface area contributed by atoms with Gasteiger partial charge in [-0.25, -0.2) is 4.98 Å². The number of nitrogens with two attached hydrogens (primary N) is 1. The van der Waals surface area contributed by atoms with Crippen molar-refractivity contribution in [2.75, 3.05) is 26.9 Å². The number of phenols is 2. The molecule has 3 aliphatic heterocycles. The van der Waals surface area contributed by atoms with E-state index in [1.807, 2.05) is 24.7 Å². The van der Waals surface area contributed by atoms with Gasteiger partial charge in [-0.2, -0.15) is 0 Å². The Labute approximate surface area is 346 Å². The van der Waals surface area contributed by atoms with Crippen LogP contribution in [0, 0.1) is 11.8 Å². The molecule has 1 unspecified atom stereocenters. The summed E-state index contributed by atoms with van der Waals surface area (Å²) in [5.41, 5.74) is 4.14. The number of phenolic OH excluding ortho intramolecular Hbond substituents is 2. The second-order valence-corrected chi connectivity index (χ2v) is 16.2. The molecule has 3 aromatic rings. The number of carbonyl (C=O) groups excluding carboxylic acids is 4. The van der Waals surface area contributed by atoms with Crippen LogP contribution in [0.1, 0.15) is 107 Å². The third-order valence-electron chi connectivity index (χ3n) is 12.4. The van der Waals surface area contributed by atoms with E-state index in [1.54, 1.807) is 13.3 Å². The average Bonchev–Trinajstić information content (AvgIpc) is 3.81. The Balaban J connectivity index is 0.000000304. The van der Waals surface area contributed by atoms with Gasteiger partial charge in [-0.3, -0.25) is 19.2 Å². The standard InChI is InChI=1S/C32H37NO12.C11H16N2O2/c1-14-31(45-21-8-3-4-9-42-21)17(33)10-22(43-14)44-19-12-32(40,20(35)13-34)11-16-24(19)30(39)26-25(28(16)37)27(36)15-6-5-7-18(41-2)23(15)29(26)38;1-3-10-8(6-15-11(10)14)4-9-5-12-7-13(9)2/h5-7,14,17,19,21-22,31,34,37,39-40H,3-4,8-13,33H2,1-2H3;5,7-8,10H,3-4,6H2,1-2H3/t14-,17-,19?,21+,22-,31+,32-;8-,10-/m00/s1. The summed E-state index contributed by atoms with van der Waals surface area (Å²) in [6.07, 6.45) is 3.35. The molecule has 9 atom stereocenters. The monoisotopic (exact) mass is 835 g/mol. The van der Waals surface area contributed by atoms with E-state index in [0.717, 1.165) is 37.8 Å². The number of imidazole rings is 1. The van der Waals surface area contributed by atoms with Crippen molar-refractivity contribution in [3.05, 3.63) is 69.8 Å². The van der Waals surface area contributed by atoms with Gasteiger partial charge in [-0.15, -0.1) is 0 Å². The molecule has 324 valence electrons. The van der Waals surface area contributed by atoms with Gasteiger partial charge in [0.2, 0.25) is 5.78 Å². The molecule has 0 radical (unpaired) electrons. The molecule has 3 saturated heterocycles. The van der Waals surface area contributed by atoms with E-state index < -0.39 is 102 Å². The third kappa shape index (κ3) is 8.07. The van der Waals surface area contributed by atoms with Crippen molar-refractivity contribution in [1.82, 2.24) is 9.55 Å². The van der Waals surface area contributed by atoms with E-state index >= 15 is 0 Å². The highest BCUT2D eigenvalue weighted by molar-refractivity contribution is 6.31. The number of benzene rings is 2. The normalized spacial score (nSPS) is 29.8. The van der Waals surface area contributed by atoms with E-state index in [0.29, 0.717) is 19.1 Å². The van der Waals surface area contributed by atoms with Crippen LogP contribution in [0.2, 0.25) is 0 Å². The Morgan fingerprint density at radius 2 is 1.83 bits per heavy atom. The number of methoxy groups -OCH3 is 1. The van der Waals surface area contributed by atoms with Crippen LogP contribution in [0.4, 0.5) is 0 Å². The molecule has 0 bridgehead atoms. The summed E-state index contributed by atoms with van der Waals surface area (Å²) in [5.74, 6) is -3.32. The quantitative estimate of drug-likeness (QED) is 0.114. The number of aromatic hydroxyl groups is 2. The van der Waals surface area contributed by atoms with Gasteiger partial charge in [0.25, 0.3) is 0 Å². The van der Waals surface area contributed by atoms with Crippen molar-refractivity contribution in [3.8, 4) is 17.2 Å². The molecule has 3 fully saturated rings. The Hall–Kier alpha value is -4.75. The zero-order chi connectivity index (χ0) is 43.0. The minimum atomic E-state index is -2.24. The van der Waals surface area contributed by atoms with Crippen LogP contribution in [0.25, 0.3) is 0 Å². The Bertz CT molecular complexity index is 2120. The number of rotatable bonds is 10. The first-order chi connectivity index (χ1) is 28.7. The van der Waals surface area contributed by atoms with Crippen molar-refractivity contribution in [1.29, 1.82) is 0 Å². The minimum absolute atomic E-state index is 0.0373. The Morgan fingerprint density at radius 3 is 2.48 bits per heavy atom. The van der Waals surface area contributed by atoms with Crippen LogP contribution in [-0.2, 0) is 53.2 Å². The van der Waals surface area contributed by atoms with Gasteiger partial charge in [0.1, 0.15) is 35.6 Å². The lowest BCUT2D eigenvalue weighted by Crippen LogP contribution is -2.55. The van der Waals surface area contributed by atoms with Crippen LogP contribution in [-0.4, -0.2) is 117 Å². The summed E-state index contributed by atoms with van der Waals surface area (Å²) in [7, 11) is 3.31. The molecule has 4 heterocycles. The molecule has 8 rings (SSSR count). The molecule has 17 nitrogen and oxygen atoms in total. The van der Waals surface area contributed by atoms with Crippen molar-refractivity contribution in [2.24, 2.45) is 24.6 Å². The van der Waals surface area contributed by atoms with E-state index in [2.05, 4.69) is 4.98 Å². The smallest absolute Gasteiger partial charge is 0.309 e. The first kappa shape index (κ1) is 43.3. The van der Waals surface area contributed by atoms with Crippen molar-refractivity contribution >= 4 is 23.3 Å². The van der Waals surface area contributed by atoms with Crippen molar-refractivity contribution in [2.45, 2.75) is 108 Å². The molecule has 2 aromatic carbocycles. The number of aliphatic hydroxyl groups is 2. The van der Waals surface area contributed by atoms with E-state index in [-0.39, 0.29) is 46.3 Å². The van der Waals surface area contributed by atoms with Gasteiger partial charge < -0.3 is 59.1 Å². The fourth-order valence-electron chi connectivity index (χ4n) is 9.10. The lowest BCUT2D eigenvalue weighted by Gasteiger charge is -2.43. The van der Waals surface area contributed by atoms with E-state index in [1.165, 1.54) is 25.3 Å². The number of carbonyl (C=O) groups is 4. The number of nitrogens with zero attached hydrogens (tertiary/aromatic N) is 2. The lowest BCUT2D eigenvalue weighted by atomic mass is 9.72. The number of cyclic esters (lactones) is 1. The zero-order valence-corrected chi connectivity index (χ0v) is 34.1. The van der Waals surface area contributed by atoms with Crippen LogP contribution in [0.3, 0.4) is 0 Å². The van der Waals surface area contributed by atoms with Crippen LogP contribution < -0.4 is 10.5 Å². The molecule has 60 heavy (non-hydrogen) atoms. The number of esters is 1. The number of Topliss-reactive ketones (excluding diaryl/α,β-unsaturated/α-hetero) is 1. The molecule has 1 aromatic heterocycles. The summed E-state index contributed by atoms with van der Waals surface area (Å²) in [6.45, 7) is 3.94. The van der Waals surface area contributed by atoms with E-state index in [9.17, 15) is 39.6 Å². The molecular formula is C43H53N3O14. The first-order valence-electron chi connectivity index (χ1n) is 20.4. The number of ketones is 3. The fraction of sp³-hybridized carbons (Fsp3) is 0.558. The predicted octanol–water partition coefficient (Wildman–Crippen LogP) is 2.71. The van der Waals surface area contributed by atoms with Gasteiger partial charge in [-0.05, 0) is 45.1 Å². The number of hydrogen-bond acceptors (Lipinski definition) is 16. The van der Waals surface area contributed by atoms with Gasteiger partial charge in [-0.1, -0.05) is 19.1 Å². The number of aryl methyl sites for hydroxylation is 1. The van der Waals surface area contributed by atoms with Crippen molar-refractivity contribution < 1.29 is 68.0 Å². The molecule has 5 aliphatic rings. The largest absolute Gasteiger partial charge is 0.507 e. The molecule has 6 N–H and O–H groups in total. The molecule has 0 saturated carbocycles. The number of hydrogen-bond donors (Lipinski definition) is 5. The number of fused-ring (bicyclic) bond motifs is 3. The highest BCUT2D eigenvalue weighted by Gasteiger charge is 2.50. The molecule has 0 spiro atoms. The summed E-state index contributed by atoms with van der Waals surface area (Å²) < 4.78 is 36.5. The fourth-order valence-corrected chi connectivity index (χ4v) is 9.10. The molecule has 2 aliphatic carbocycles. The maximum absolute atomic E-state index is 13.8. The summed E-state index contributed by atoms with van der Waals surface area (Å²) in [6, 6.07) is 3.86. The maximum atomic E-state index is 13.8. The molecular weight excluding hydrogens is 782 g/mol. The Morgan fingerprint density at radius 1 is 1.07 bits per heavy atom. The van der Waals surface area contributed by atoms with Crippen LogP contribution in [0.5, 0.6) is 17.2 Å². The van der Waals surface area contributed by atoms with Gasteiger partial charge >= 0.3 is 5.97 Å². The molecule has 0 amide bonds. The second-order valence-electron chi connectivity index (χ2n) is 16.2. The summed E-state index contributed by atoms with van der Waals surface area (Å²) in [4.78, 5) is 55.7. The average molecular weight is 836 g/mol. The van der Waals surface area contributed by atoms with Gasteiger partial charge in [0.05, 0.1) is 54.9 Å². The Kier molecular flexibility index (Phi) is 12.8. The lowest BCUT2D eigenvalue weighted by molar-refractivity contribution is -0.281. The van der Waals surface area contributed by atoms with E-state index in [4.69, 9.17) is 34.2 Å². The highest BCUT2D eigenvalue weighted by atomic mass is 16.7. The summed E-state index contributed by atoms with van der Waals surface area (Å²) >= 11 is 0. The topological polar surface area (TPSA) is 248 Å². The minimum Gasteiger partial charge on any atom is -0.507 e. The number of aliphatic hydroxyl groups excluding tert-OH is 1. The molecule has 17 heteroatoms. The number of aromatic nitrogens is 2. The highest BCUT2D eigenvalue weighted by Crippen LogP contribution is 2.52. The van der Waals surface area contributed by atoms with Crippen LogP contribution in [0.15, 0.2) is 30.7 Å². The SMILES string of the molecule is CC[C@@H]1C(=O)OC[C@@H]1Cc1cncn1C.COc1cccc2c1C(=O)c1c(O)c3c(c(O)c1C2=O)C[C@@](O)(C(=O)CO)CC3O[C@H]1C[C@H](N)[C@H](O[C@@H]2CCCCO2)[C@H](C)O1. The van der Waals surface area contributed by atoms with Crippen molar-refractivity contribution in [3.63, 3.8) is 0 Å². The maximum Gasteiger partial charge on any atom is 0.309 e. The summed E-state index contributed by atoms with van der Waals surface area (Å²) in [5, 5.41) is 44.2.